The lowest BCUT2D eigenvalue weighted by atomic mass is 9.77. The maximum Gasteiger partial charge on any atom is 0.311 e. The van der Waals surface area contributed by atoms with Gasteiger partial charge in [-0.1, -0.05) is 20.8 Å². The Morgan fingerprint density at radius 2 is 1.52 bits per heavy atom. The molecular weight excluding hydrogens is 708 g/mol. The monoisotopic (exact) mass is 785 g/mol. The fourth-order valence-electron chi connectivity index (χ4n) is 8.74. The van der Waals surface area contributed by atoms with E-state index in [0.29, 0.717) is 13.0 Å². The molecule has 0 bridgehead atoms. The molecule has 3 fully saturated rings. The second-order valence-corrected chi connectivity index (χ2v) is 17.2. The Morgan fingerprint density at radius 3 is 2.06 bits per heavy atom. The van der Waals surface area contributed by atoms with Gasteiger partial charge in [-0.25, -0.2) is 0 Å². The molecule has 0 radical (unpaired) electrons. The van der Waals surface area contributed by atoms with E-state index in [0.717, 1.165) is 0 Å². The van der Waals surface area contributed by atoms with Gasteiger partial charge in [0.1, 0.15) is 30.0 Å². The first-order chi connectivity index (χ1) is 23.9. The molecular formula is C38H76N2O14. The van der Waals surface area contributed by atoms with Crippen molar-refractivity contribution >= 4 is 5.97 Å². The van der Waals surface area contributed by atoms with Gasteiger partial charge in [-0.2, -0.15) is 0 Å². The molecule has 0 aliphatic carbocycles. The Labute approximate surface area is 323 Å². The van der Waals surface area contributed by atoms with Crippen molar-refractivity contribution in [1.29, 1.82) is 0 Å². The zero-order chi connectivity index (χ0) is 39.7. The summed E-state index contributed by atoms with van der Waals surface area (Å²) in [6.07, 6.45) is -8.19. The second-order valence-electron chi connectivity index (χ2n) is 17.2. The average Bonchev–Trinajstić information content (AvgIpc) is 3.05. The summed E-state index contributed by atoms with van der Waals surface area (Å²) in [6, 6.07) is -0.808. The fraction of sp³-hybridized carbons (Fsp3) is 0.974. The van der Waals surface area contributed by atoms with Gasteiger partial charge in [0.25, 0.3) is 0 Å². The Kier molecular flexibility index (Phi) is 18.9. The molecule has 0 spiro atoms. The summed E-state index contributed by atoms with van der Waals surface area (Å²) < 4.78 is 37.5. The van der Waals surface area contributed by atoms with Crippen LogP contribution < -0.4 is 0 Å². The number of nitrogens with zero attached hydrogens (tertiary/aromatic N) is 2. The molecule has 1 unspecified atom stereocenters. The van der Waals surface area contributed by atoms with Crippen molar-refractivity contribution in [2.45, 2.75) is 185 Å². The predicted octanol–water partition coefficient (Wildman–Crippen LogP) is 0.251. The second kappa shape index (κ2) is 20.1. The Morgan fingerprint density at radius 1 is 0.926 bits per heavy atom. The first-order valence-corrected chi connectivity index (χ1v) is 19.1. The molecule has 54 heavy (non-hydrogen) atoms. The minimum absolute atomic E-state index is 0. The normalized spacial score (nSPS) is 47.8. The van der Waals surface area contributed by atoms with Crippen molar-refractivity contribution in [2.75, 3.05) is 34.8 Å². The summed E-state index contributed by atoms with van der Waals surface area (Å²) in [7, 11) is 7.12. The zero-order valence-corrected chi connectivity index (χ0v) is 35.2. The number of aliphatic hydroxyl groups excluding tert-OH is 3. The minimum Gasteiger partial charge on any atom is -0.459 e. The topological polar surface area (TPSA) is 243 Å². The lowest BCUT2D eigenvalue weighted by Gasteiger charge is -2.48. The van der Waals surface area contributed by atoms with Gasteiger partial charge in [0.05, 0.1) is 41.5 Å². The Bertz CT molecular complexity index is 1150. The molecule has 0 aromatic heterocycles. The Hall–Kier alpha value is -1.09. The number of cyclic esters (lactones) is 1. The zero-order valence-electron chi connectivity index (χ0n) is 35.2. The number of hydrogen-bond donors (Lipinski definition) is 5. The van der Waals surface area contributed by atoms with Gasteiger partial charge in [-0.3, -0.25) is 4.79 Å². The van der Waals surface area contributed by atoms with Gasteiger partial charge in [-0.05, 0) is 94.8 Å². The summed E-state index contributed by atoms with van der Waals surface area (Å²) >= 11 is 0. The van der Waals surface area contributed by atoms with E-state index >= 15 is 0 Å². The van der Waals surface area contributed by atoms with Crippen molar-refractivity contribution in [2.24, 2.45) is 17.8 Å². The highest BCUT2D eigenvalue weighted by molar-refractivity contribution is 5.73. The van der Waals surface area contributed by atoms with Gasteiger partial charge >= 0.3 is 5.97 Å². The summed E-state index contributed by atoms with van der Waals surface area (Å²) in [6.45, 7) is 18.0. The number of hydrogen-bond acceptors (Lipinski definition) is 14. The van der Waals surface area contributed by atoms with Crippen molar-refractivity contribution < 1.29 is 69.7 Å². The third-order valence-corrected chi connectivity index (χ3v) is 12.2. The molecule has 0 aromatic carbocycles. The van der Waals surface area contributed by atoms with Crippen LogP contribution in [0.15, 0.2) is 0 Å². The van der Waals surface area contributed by atoms with Gasteiger partial charge in [0.2, 0.25) is 0 Å². The number of aliphatic hydroxyl groups is 5. The van der Waals surface area contributed by atoms with Crippen LogP contribution in [-0.4, -0.2) is 177 Å². The van der Waals surface area contributed by atoms with Gasteiger partial charge in [0, 0.05) is 38.1 Å². The standard InChI is InChI=1S/C38H72N2O12.2H2O/c1-15-27-38(10,46)31(42)24(6)40(13)19-20(2)17-36(8,45)33(52-35-29(41)26(39(11)12)16-21(3)48-35)22(4)30(23(5)34(44)50-27)51-28-18-37(9,47-14)32(43)25(7)49-28;;/h20-33,35,41-43,45-46H,15-19H2,1-14H3;2*1H2/t20-,21-,22+,23-,24-,25+,26+,27-,28+,29-,30?,31-,32+,33+,35+,36-,37-,38-;;/m1../s1. The van der Waals surface area contributed by atoms with E-state index in [-0.39, 0.29) is 48.3 Å². The van der Waals surface area contributed by atoms with Crippen LogP contribution in [0.1, 0.15) is 94.9 Å². The van der Waals surface area contributed by atoms with Crippen LogP contribution in [0.5, 0.6) is 0 Å². The minimum atomic E-state index is -1.80. The predicted molar refractivity (Wildman–Crippen MR) is 201 cm³/mol. The maximum absolute atomic E-state index is 14.2. The average molecular weight is 785 g/mol. The largest absolute Gasteiger partial charge is 0.459 e. The quantitative estimate of drug-likeness (QED) is 0.218. The van der Waals surface area contributed by atoms with Crippen molar-refractivity contribution in [3.05, 3.63) is 0 Å². The summed E-state index contributed by atoms with van der Waals surface area (Å²) in [5, 5.41) is 58.1. The molecule has 0 amide bonds. The fourth-order valence-corrected chi connectivity index (χ4v) is 8.74. The van der Waals surface area contributed by atoms with Gasteiger partial charge in [0.15, 0.2) is 12.6 Å². The van der Waals surface area contributed by atoms with Crippen LogP contribution in [0, 0.1) is 17.8 Å². The van der Waals surface area contributed by atoms with Crippen LogP contribution in [0.2, 0.25) is 0 Å². The number of rotatable bonds is 7. The molecule has 0 aromatic rings. The molecule has 9 N–H and O–H groups in total. The molecule has 3 saturated heterocycles. The molecule has 16 heteroatoms. The van der Waals surface area contributed by atoms with Crippen LogP contribution in [-0.2, 0) is 33.2 Å². The number of methoxy groups -OCH3 is 1. The third-order valence-electron chi connectivity index (χ3n) is 12.2. The lowest BCUT2D eigenvalue weighted by Crippen LogP contribution is -2.60. The maximum atomic E-state index is 14.2. The van der Waals surface area contributed by atoms with Crippen molar-refractivity contribution in [1.82, 2.24) is 9.80 Å². The first-order valence-electron chi connectivity index (χ1n) is 19.1. The van der Waals surface area contributed by atoms with E-state index in [1.54, 1.807) is 41.5 Å². The summed E-state index contributed by atoms with van der Waals surface area (Å²) in [5.41, 5.74) is -4.37. The molecule has 0 saturated carbocycles. The van der Waals surface area contributed by atoms with E-state index in [4.69, 9.17) is 28.4 Å². The number of esters is 1. The molecule has 3 aliphatic rings. The highest BCUT2D eigenvalue weighted by atomic mass is 16.7. The van der Waals surface area contributed by atoms with Crippen LogP contribution in [0.4, 0.5) is 0 Å². The van der Waals surface area contributed by atoms with Crippen molar-refractivity contribution in [3.63, 3.8) is 0 Å². The highest BCUT2D eigenvalue weighted by Crippen LogP contribution is 2.40. The SMILES string of the molecule is CC[C@H]1OC(=O)[C@H](C)C(O[C@H]2C[C@@](C)(OC)[C@@H](O)[C@H](C)O2)[C@H](C)[C@H](O[C@@H]2O[C@H](C)C[C@H](N(C)C)[C@H]2O)[C@](C)(O)C[C@@H](C)CN(C)[C@H](C)[C@@H](O)[C@]1(C)O.O.O. The van der Waals surface area contributed by atoms with Gasteiger partial charge < -0.3 is 74.7 Å². The van der Waals surface area contributed by atoms with Crippen LogP contribution in [0.3, 0.4) is 0 Å². The molecule has 16 nitrogen and oxygen atoms in total. The third kappa shape index (κ3) is 11.3. The molecule has 3 heterocycles. The lowest BCUT2D eigenvalue weighted by molar-refractivity contribution is -0.318. The summed E-state index contributed by atoms with van der Waals surface area (Å²) in [5.74, 6) is -2.58. The first kappa shape index (κ1) is 50.9. The van der Waals surface area contributed by atoms with Crippen molar-refractivity contribution in [3.8, 4) is 0 Å². The van der Waals surface area contributed by atoms with E-state index in [9.17, 15) is 30.3 Å². The Balaban J connectivity index is 0.00000729. The van der Waals surface area contributed by atoms with Gasteiger partial charge in [-0.15, -0.1) is 0 Å². The van der Waals surface area contributed by atoms with E-state index < -0.39 is 96.0 Å². The van der Waals surface area contributed by atoms with E-state index in [2.05, 4.69) is 0 Å². The number of likely N-dealkylation sites (N-methyl/N-ethyl adjacent to an activating group) is 2. The molecule has 322 valence electrons. The van der Waals surface area contributed by atoms with Crippen LogP contribution >= 0.6 is 0 Å². The molecule has 3 aliphatic heterocycles. The van der Waals surface area contributed by atoms with E-state index in [1.807, 2.05) is 51.7 Å². The highest BCUT2D eigenvalue weighted by Gasteiger charge is 2.52. The van der Waals surface area contributed by atoms with Crippen LogP contribution in [0.25, 0.3) is 0 Å². The summed E-state index contributed by atoms with van der Waals surface area (Å²) in [4.78, 5) is 18.0. The van der Waals surface area contributed by atoms with E-state index in [1.165, 1.54) is 14.0 Å². The number of ether oxygens (including phenoxy) is 6. The number of carbonyl (C=O) groups excluding carboxylic acids is 1. The molecule has 3 rings (SSSR count). The smallest absolute Gasteiger partial charge is 0.311 e. The molecule has 18 atom stereocenters. The number of carbonyl (C=O) groups is 1.